The number of fused-ring (bicyclic) bond motifs is 1. The molecule has 0 aromatic carbocycles. The van der Waals surface area contributed by atoms with Crippen molar-refractivity contribution in [2.45, 2.75) is 46.2 Å². The first-order chi connectivity index (χ1) is 6.72. The molecule has 0 fully saturated rings. The maximum atomic E-state index is 4.66. The van der Waals surface area contributed by atoms with Crippen molar-refractivity contribution in [3.63, 3.8) is 0 Å². The minimum atomic E-state index is 0.557. The van der Waals surface area contributed by atoms with Gasteiger partial charge >= 0.3 is 0 Å². The Labute approximate surface area is 85.7 Å². The van der Waals surface area contributed by atoms with E-state index < -0.39 is 0 Å². The second-order valence-corrected chi connectivity index (χ2v) is 4.22. The Hall–Kier alpha value is -0.990. The fourth-order valence-electron chi connectivity index (χ4n) is 2.02. The van der Waals surface area contributed by atoms with Crippen LogP contribution in [0.1, 0.15) is 32.9 Å². The summed E-state index contributed by atoms with van der Waals surface area (Å²) >= 11 is 0. The Balaban J connectivity index is 2.33. The van der Waals surface area contributed by atoms with Crippen molar-refractivity contribution in [2.24, 2.45) is 0 Å². The van der Waals surface area contributed by atoms with Gasteiger partial charge < -0.3 is 9.47 Å². The first kappa shape index (κ1) is 9.56. The molecule has 2 heterocycles. The van der Waals surface area contributed by atoms with E-state index in [1.165, 1.54) is 18.1 Å². The van der Waals surface area contributed by atoms with E-state index in [1.54, 1.807) is 0 Å². The van der Waals surface area contributed by atoms with Crippen molar-refractivity contribution in [2.75, 3.05) is 11.4 Å². The van der Waals surface area contributed by atoms with E-state index in [2.05, 4.69) is 41.4 Å². The van der Waals surface area contributed by atoms with Crippen LogP contribution in [0.25, 0.3) is 0 Å². The van der Waals surface area contributed by atoms with E-state index >= 15 is 0 Å². The van der Waals surface area contributed by atoms with Gasteiger partial charge in [-0.1, -0.05) is 6.92 Å². The van der Waals surface area contributed by atoms with Gasteiger partial charge in [-0.2, -0.15) is 0 Å². The number of nitrogens with zero attached hydrogens (tertiary/aromatic N) is 3. The van der Waals surface area contributed by atoms with Crippen LogP contribution in [0.5, 0.6) is 0 Å². The average Bonchev–Trinajstić information content (AvgIpc) is 2.59. The summed E-state index contributed by atoms with van der Waals surface area (Å²) in [4.78, 5) is 7.05. The Morgan fingerprint density at radius 2 is 2.21 bits per heavy atom. The molecule has 2 rings (SSSR count). The highest BCUT2D eigenvalue weighted by Crippen LogP contribution is 2.22. The molecular formula is C11H19N3. The summed E-state index contributed by atoms with van der Waals surface area (Å²) in [5.41, 5.74) is 1.22. The molecule has 78 valence electrons. The maximum Gasteiger partial charge on any atom is 0.205 e. The van der Waals surface area contributed by atoms with Gasteiger partial charge in [0.1, 0.15) is 0 Å². The lowest BCUT2D eigenvalue weighted by Crippen LogP contribution is -2.37. The highest BCUT2D eigenvalue weighted by Gasteiger charge is 2.20. The molecule has 0 bridgehead atoms. The number of hydrogen-bond acceptors (Lipinski definition) is 2. The van der Waals surface area contributed by atoms with Crippen molar-refractivity contribution in [1.82, 2.24) is 9.55 Å². The molecule has 0 atom stereocenters. The summed E-state index contributed by atoms with van der Waals surface area (Å²) in [6, 6.07) is 0.557. The fraction of sp³-hybridized carbons (Fsp3) is 0.727. The van der Waals surface area contributed by atoms with E-state index in [4.69, 9.17) is 0 Å². The van der Waals surface area contributed by atoms with E-state index in [-0.39, 0.29) is 0 Å². The predicted octanol–water partition coefficient (Wildman–Crippen LogP) is 2.06. The lowest BCUT2D eigenvalue weighted by Gasteiger charge is -2.32. The van der Waals surface area contributed by atoms with Gasteiger partial charge in [0, 0.05) is 25.3 Å². The molecular weight excluding hydrogens is 174 g/mol. The largest absolute Gasteiger partial charge is 0.340 e. The van der Waals surface area contributed by atoms with Gasteiger partial charge in [0.2, 0.25) is 5.95 Å². The van der Waals surface area contributed by atoms with Crippen molar-refractivity contribution in [3.05, 3.63) is 11.9 Å². The number of imidazole rings is 1. The molecule has 0 radical (unpaired) electrons. The van der Waals surface area contributed by atoms with Gasteiger partial charge in [-0.05, 0) is 26.7 Å². The predicted molar refractivity (Wildman–Crippen MR) is 58.7 cm³/mol. The molecule has 3 heteroatoms. The van der Waals surface area contributed by atoms with Gasteiger partial charge in [-0.3, -0.25) is 0 Å². The van der Waals surface area contributed by atoms with Crippen LogP contribution in [0, 0.1) is 0 Å². The molecule has 0 N–H and O–H groups in total. The summed E-state index contributed by atoms with van der Waals surface area (Å²) < 4.78 is 2.29. The average molecular weight is 193 g/mol. The summed E-state index contributed by atoms with van der Waals surface area (Å²) in [7, 11) is 0. The molecule has 0 unspecified atom stereocenters. The maximum absolute atomic E-state index is 4.66. The van der Waals surface area contributed by atoms with E-state index in [1.807, 2.05) is 0 Å². The molecule has 1 aromatic rings. The Morgan fingerprint density at radius 1 is 1.43 bits per heavy atom. The molecule has 0 aliphatic carbocycles. The van der Waals surface area contributed by atoms with Gasteiger partial charge in [-0.25, -0.2) is 4.98 Å². The van der Waals surface area contributed by atoms with Gasteiger partial charge in [0.15, 0.2) is 0 Å². The third-order valence-electron chi connectivity index (χ3n) is 2.85. The third-order valence-corrected chi connectivity index (χ3v) is 2.85. The lowest BCUT2D eigenvalue weighted by molar-refractivity contribution is 0.525. The summed E-state index contributed by atoms with van der Waals surface area (Å²) in [5.74, 6) is 1.17. The van der Waals surface area contributed by atoms with E-state index in [9.17, 15) is 0 Å². The quantitative estimate of drug-likeness (QED) is 0.717. The van der Waals surface area contributed by atoms with Crippen molar-refractivity contribution < 1.29 is 0 Å². The number of rotatable bonds is 2. The molecule has 1 aromatic heterocycles. The van der Waals surface area contributed by atoms with Gasteiger partial charge in [0.25, 0.3) is 0 Å². The van der Waals surface area contributed by atoms with Crippen LogP contribution < -0.4 is 4.90 Å². The zero-order valence-corrected chi connectivity index (χ0v) is 9.32. The molecule has 1 aliphatic rings. The highest BCUT2D eigenvalue weighted by molar-refractivity contribution is 5.36. The van der Waals surface area contributed by atoms with Crippen LogP contribution in [-0.4, -0.2) is 22.1 Å². The van der Waals surface area contributed by atoms with Crippen molar-refractivity contribution in [1.29, 1.82) is 0 Å². The minimum Gasteiger partial charge on any atom is -0.340 e. The first-order valence-corrected chi connectivity index (χ1v) is 5.55. The molecule has 3 nitrogen and oxygen atoms in total. The standard InChI is InChI=1S/C11H19N3/c1-4-10-8-13-6-5-7-14(9(2)3)11(13)12-10/h8-9H,4-7H2,1-3H3. The topological polar surface area (TPSA) is 21.1 Å². The van der Waals surface area contributed by atoms with Crippen molar-refractivity contribution >= 4 is 5.95 Å². The van der Waals surface area contributed by atoms with Crippen LogP contribution in [0.2, 0.25) is 0 Å². The molecule has 0 saturated carbocycles. The fourth-order valence-corrected chi connectivity index (χ4v) is 2.02. The molecule has 0 amide bonds. The number of aryl methyl sites for hydroxylation is 2. The van der Waals surface area contributed by atoms with Crippen molar-refractivity contribution in [3.8, 4) is 0 Å². The van der Waals surface area contributed by atoms with E-state index in [0.29, 0.717) is 6.04 Å². The third kappa shape index (κ3) is 1.51. The van der Waals surface area contributed by atoms with Gasteiger partial charge in [0.05, 0.1) is 5.69 Å². The molecule has 1 aliphatic heterocycles. The molecule has 0 saturated heterocycles. The monoisotopic (exact) mass is 193 g/mol. The summed E-state index contributed by atoms with van der Waals surface area (Å²) in [6.45, 7) is 8.91. The SMILES string of the molecule is CCc1cn2c(n1)N(C(C)C)CCC2. The second-order valence-electron chi connectivity index (χ2n) is 4.22. The number of aromatic nitrogens is 2. The Bertz CT molecular complexity index is 314. The van der Waals surface area contributed by atoms with Crippen LogP contribution in [0.15, 0.2) is 6.20 Å². The van der Waals surface area contributed by atoms with Crippen LogP contribution >= 0.6 is 0 Å². The Kier molecular flexibility index (Phi) is 2.48. The summed E-state index contributed by atoms with van der Waals surface area (Å²) in [5, 5.41) is 0. The zero-order valence-electron chi connectivity index (χ0n) is 9.32. The highest BCUT2D eigenvalue weighted by atomic mass is 15.3. The lowest BCUT2D eigenvalue weighted by atomic mass is 10.2. The number of hydrogen-bond donors (Lipinski definition) is 0. The Morgan fingerprint density at radius 3 is 2.86 bits per heavy atom. The first-order valence-electron chi connectivity index (χ1n) is 5.55. The summed E-state index contributed by atoms with van der Waals surface area (Å²) in [6.07, 6.45) is 4.47. The minimum absolute atomic E-state index is 0.557. The van der Waals surface area contributed by atoms with Crippen LogP contribution in [0.3, 0.4) is 0 Å². The second kappa shape index (κ2) is 3.64. The molecule has 0 spiro atoms. The van der Waals surface area contributed by atoms with Crippen LogP contribution in [0.4, 0.5) is 5.95 Å². The van der Waals surface area contributed by atoms with Gasteiger partial charge in [-0.15, -0.1) is 0 Å². The van der Waals surface area contributed by atoms with Crippen LogP contribution in [-0.2, 0) is 13.0 Å². The zero-order chi connectivity index (χ0) is 10.1. The number of anilines is 1. The smallest absolute Gasteiger partial charge is 0.205 e. The molecule has 14 heavy (non-hydrogen) atoms. The normalized spacial score (nSPS) is 16.1. The van der Waals surface area contributed by atoms with E-state index in [0.717, 1.165) is 19.5 Å².